The van der Waals surface area contributed by atoms with Crippen molar-refractivity contribution in [2.45, 2.75) is 6.92 Å². The van der Waals surface area contributed by atoms with Gasteiger partial charge < -0.3 is 15.4 Å². The number of anilines is 2. The van der Waals surface area contributed by atoms with Gasteiger partial charge >= 0.3 is 0 Å². The molecule has 0 heterocycles. The molecule has 0 radical (unpaired) electrons. The number of amides is 2. The van der Waals surface area contributed by atoms with Gasteiger partial charge in [-0.05, 0) is 36.4 Å². The molecule has 2 amide bonds. The molecule has 5 nitrogen and oxygen atoms in total. The van der Waals surface area contributed by atoms with E-state index >= 15 is 0 Å². The van der Waals surface area contributed by atoms with Gasteiger partial charge in [-0.1, -0.05) is 0 Å². The summed E-state index contributed by atoms with van der Waals surface area (Å²) in [6.07, 6.45) is 0. The Morgan fingerprint density at radius 1 is 0.957 bits per heavy atom. The van der Waals surface area contributed by atoms with Gasteiger partial charge in [-0.2, -0.15) is 0 Å². The Hall–Kier alpha value is -2.96. The number of hydrogen-bond donors (Lipinski definition) is 2. The van der Waals surface area contributed by atoms with Crippen LogP contribution in [0.3, 0.4) is 0 Å². The monoisotopic (exact) mass is 320 g/mol. The second-order valence-corrected chi connectivity index (χ2v) is 4.67. The van der Waals surface area contributed by atoms with Gasteiger partial charge in [0.2, 0.25) is 5.91 Å². The normalized spacial score (nSPS) is 10.0. The molecule has 0 bridgehead atoms. The lowest BCUT2D eigenvalue weighted by Crippen LogP contribution is -2.20. The standard InChI is InChI=1S/C16H14F2N2O3/c1-10(21)19-11-2-5-13(6-3-11)23-9-16(22)20-12-4-7-14(17)15(18)8-12/h2-8H,9H2,1H3,(H,19,21)(H,20,22). The van der Waals surface area contributed by atoms with Crippen LogP contribution in [0.4, 0.5) is 20.2 Å². The summed E-state index contributed by atoms with van der Waals surface area (Å²) in [4.78, 5) is 22.6. The average molecular weight is 320 g/mol. The van der Waals surface area contributed by atoms with E-state index in [-0.39, 0.29) is 18.2 Å². The van der Waals surface area contributed by atoms with E-state index in [0.29, 0.717) is 11.4 Å². The average Bonchev–Trinajstić information content (AvgIpc) is 2.50. The molecule has 23 heavy (non-hydrogen) atoms. The summed E-state index contributed by atoms with van der Waals surface area (Å²) >= 11 is 0. The topological polar surface area (TPSA) is 67.4 Å². The number of benzene rings is 2. The molecule has 0 atom stereocenters. The molecule has 0 saturated heterocycles. The fraction of sp³-hybridized carbons (Fsp3) is 0.125. The first-order valence-electron chi connectivity index (χ1n) is 6.69. The molecule has 0 aliphatic heterocycles. The summed E-state index contributed by atoms with van der Waals surface area (Å²) in [6.45, 7) is 1.10. The zero-order valence-corrected chi connectivity index (χ0v) is 12.2. The maximum absolute atomic E-state index is 13.0. The van der Waals surface area contributed by atoms with Crippen molar-refractivity contribution in [3.8, 4) is 5.75 Å². The molecule has 0 aromatic heterocycles. The van der Waals surface area contributed by atoms with E-state index in [4.69, 9.17) is 4.74 Å². The van der Waals surface area contributed by atoms with Gasteiger partial charge in [0.05, 0.1) is 0 Å². The van der Waals surface area contributed by atoms with Crippen LogP contribution >= 0.6 is 0 Å². The zero-order valence-electron chi connectivity index (χ0n) is 12.2. The molecular weight excluding hydrogens is 306 g/mol. The first kappa shape index (κ1) is 16.4. The minimum Gasteiger partial charge on any atom is -0.484 e. The SMILES string of the molecule is CC(=O)Nc1ccc(OCC(=O)Nc2ccc(F)c(F)c2)cc1. The van der Waals surface area contributed by atoms with Crippen LogP contribution in [-0.4, -0.2) is 18.4 Å². The van der Waals surface area contributed by atoms with Crippen LogP contribution in [0.1, 0.15) is 6.92 Å². The highest BCUT2D eigenvalue weighted by atomic mass is 19.2. The van der Waals surface area contributed by atoms with Gasteiger partial charge in [0, 0.05) is 24.4 Å². The highest BCUT2D eigenvalue weighted by molar-refractivity contribution is 5.92. The Bertz CT molecular complexity index is 718. The van der Waals surface area contributed by atoms with Crippen molar-refractivity contribution < 1.29 is 23.1 Å². The van der Waals surface area contributed by atoms with Crippen molar-refractivity contribution in [2.75, 3.05) is 17.2 Å². The van der Waals surface area contributed by atoms with Crippen molar-refractivity contribution in [1.29, 1.82) is 0 Å². The van der Waals surface area contributed by atoms with Gasteiger partial charge in [-0.3, -0.25) is 9.59 Å². The third-order valence-corrected chi connectivity index (χ3v) is 2.75. The minimum atomic E-state index is -1.04. The highest BCUT2D eigenvalue weighted by Gasteiger charge is 2.07. The van der Waals surface area contributed by atoms with E-state index < -0.39 is 17.5 Å². The molecule has 0 unspecified atom stereocenters. The maximum Gasteiger partial charge on any atom is 0.262 e. The summed E-state index contributed by atoms with van der Waals surface area (Å²) < 4.78 is 31.1. The van der Waals surface area contributed by atoms with Gasteiger partial charge in [0.15, 0.2) is 18.2 Å². The van der Waals surface area contributed by atoms with Gasteiger partial charge in [-0.15, -0.1) is 0 Å². The van der Waals surface area contributed by atoms with Gasteiger partial charge in [-0.25, -0.2) is 8.78 Å². The Kier molecular flexibility index (Phi) is 5.24. The van der Waals surface area contributed by atoms with E-state index in [1.165, 1.54) is 13.0 Å². The molecule has 0 spiro atoms. The van der Waals surface area contributed by atoms with Gasteiger partial charge in [0.1, 0.15) is 5.75 Å². The number of halogens is 2. The Labute approximate surface area is 131 Å². The smallest absolute Gasteiger partial charge is 0.262 e. The van der Waals surface area contributed by atoms with Gasteiger partial charge in [0.25, 0.3) is 5.91 Å². The van der Waals surface area contributed by atoms with Crippen molar-refractivity contribution in [2.24, 2.45) is 0 Å². The molecule has 2 rings (SSSR count). The molecule has 2 aromatic carbocycles. The van der Waals surface area contributed by atoms with Crippen molar-refractivity contribution in [3.63, 3.8) is 0 Å². The molecule has 0 fully saturated rings. The van der Waals surface area contributed by atoms with E-state index in [0.717, 1.165) is 12.1 Å². The lowest BCUT2D eigenvalue weighted by molar-refractivity contribution is -0.118. The van der Waals surface area contributed by atoms with Crippen LogP contribution in [0.2, 0.25) is 0 Å². The van der Waals surface area contributed by atoms with Crippen LogP contribution in [0.15, 0.2) is 42.5 Å². The number of nitrogens with one attached hydrogen (secondary N) is 2. The summed E-state index contributed by atoms with van der Waals surface area (Å²) in [7, 11) is 0. The largest absolute Gasteiger partial charge is 0.484 e. The predicted octanol–water partition coefficient (Wildman–Crippen LogP) is 2.94. The summed E-state index contributed by atoms with van der Waals surface area (Å²) in [5, 5.41) is 4.99. The fourth-order valence-corrected chi connectivity index (χ4v) is 1.76. The molecular formula is C16H14F2N2O3. The number of rotatable bonds is 5. The molecule has 2 N–H and O–H groups in total. The van der Waals surface area contributed by atoms with Crippen molar-refractivity contribution in [3.05, 3.63) is 54.1 Å². The second-order valence-electron chi connectivity index (χ2n) is 4.67. The fourth-order valence-electron chi connectivity index (χ4n) is 1.76. The Morgan fingerprint density at radius 3 is 2.22 bits per heavy atom. The summed E-state index contributed by atoms with van der Waals surface area (Å²) in [5.74, 6) is -2.30. The predicted molar refractivity (Wildman–Crippen MR) is 81.2 cm³/mol. The number of carbonyl (C=O) groups excluding carboxylic acids is 2. The summed E-state index contributed by atoms with van der Waals surface area (Å²) in [5.41, 5.74) is 0.745. The zero-order chi connectivity index (χ0) is 16.8. The molecule has 7 heteroatoms. The van der Waals surface area contributed by atoms with Crippen molar-refractivity contribution >= 4 is 23.2 Å². The lowest BCUT2D eigenvalue weighted by atomic mass is 10.3. The van der Waals surface area contributed by atoms with Crippen LogP contribution in [0.25, 0.3) is 0 Å². The Balaban J connectivity index is 1.86. The third-order valence-electron chi connectivity index (χ3n) is 2.75. The second kappa shape index (κ2) is 7.35. The molecule has 0 saturated carbocycles. The first-order chi connectivity index (χ1) is 10.9. The van der Waals surface area contributed by atoms with Crippen LogP contribution in [0, 0.1) is 11.6 Å². The summed E-state index contributed by atoms with van der Waals surface area (Å²) in [6, 6.07) is 9.50. The third kappa shape index (κ3) is 5.06. The van der Waals surface area contributed by atoms with Crippen LogP contribution in [0.5, 0.6) is 5.75 Å². The first-order valence-corrected chi connectivity index (χ1v) is 6.69. The van der Waals surface area contributed by atoms with Crippen LogP contribution < -0.4 is 15.4 Å². The Morgan fingerprint density at radius 2 is 1.61 bits per heavy atom. The maximum atomic E-state index is 13.0. The quantitative estimate of drug-likeness (QED) is 0.890. The lowest BCUT2D eigenvalue weighted by Gasteiger charge is -2.08. The van der Waals surface area contributed by atoms with Crippen molar-refractivity contribution in [1.82, 2.24) is 0 Å². The number of hydrogen-bond acceptors (Lipinski definition) is 3. The highest BCUT2D eigenvalue weighted by Crippen LogP contribution is 2.16. The number of carbonyl (C=O) groups is 2. The molecule has 0 aliphatic rings. The molecule has 0 aliphatic carbocycles. The minimum absolute atomic E-state index is 0.138. The van der Waals surface area contributed by atoms with E-state index in [2.05, 4.69) is 10.6 Å². The number of ether oxygens (including phenoxy) is 1. The molecule has 2 aromatic rings. The van der Waals surface area contributed by atoms with E-state index in [9.17, 15) is 18.4 Å². The molecule has 120 valence electrons. The van der Waals surface area contributed by atoms with Crippen LogP contribution in [-0.2, 0) is 9.59 Å². The van der Waals surface area contributed by atoms with E-state index in [1.807, 2.05) is 0 Å². The van der Waals surface area contributed by atoms with E-state index in [1.54, 1.807) is 24.3 Å².